The Morgan fingerprint density at radius 2 is 1.92 bits per heavy atom. The first kappa shape index (κ1) is 18.9. The second kappa shape index (κ2) is 8.11. The number of amides is 1. The van der Waals surface area contributed by atoms with Gasteiger partial charge in [-0.3, -0.25) is 4.79 Å². The van der Waals surface area contributed by atoms with Crippen molar-refractivity contribution < 1.29 is 27.9 Å². The Morgan fingerprint density at radius 1 is 1.24 bits per heavy atom. The fourth-order valence-electron chi connectivity index (χ4n) is 2.20. The molecule has 0 aliphatic heterocycles. The minimum Gasteiger partial charge on any atom is -0.476 e. The first-order chi connectivity index (χ1) is 11.8. The summed E-state index contributed by atoms with van der Waals surface area (Å²) in [5.74, 6) is -3.74. The third-order valence-corrected chi connectivity index (χ3v) is 4.33. The molecule has 0 saturated carbocycles. The minimum absolute atomic E-state index is 0.0381. The Balaban J connectivity index is 1.89. The summed E-state index contributed by atoms with van der Waals surface area (Å²) in [6.45, 7) is 0.0881. The van der Waals surface area contributed by atoms with E-state index in [9.17, 15) is 22.8 Å². The van der Waals surface area contributed by atoms with Crippen LogP contribution in [-0.2, 0) is 11.2 Å². The molecule has 0 radical (unpaired) electrons. The van der Waals surface area contributed by atoms with Gasteiger partial charge in [-0.15, -0.1) is 11.3 Å². The van der Waals surface area contributed by atoms with E-state index >= 15 is 0 Å². The van der Waals surface area contributed by atoms with Gasteiger partial charge >= 0.3 is 12.1 Å². The highest BCUT2D eigenvalue weighted by Crippen LogP contribution is 2.37. The van der Waals surface area contributed by atoms with Crippen LogP contribution in [0.4, 0.5) is 13.2 Å². The molecule has 25 heavy (non-hydrogen) atoms. The van der Waals surface area contributed by atoms with Crippen LogP contribution in [0, 0.1) is 0 Å². The number of aromatic nitrogens is 1. The molecule has 1 heterocycles. The smallest absolute Gasteiger partial charge is 0.396 e. The van der Waals surface area contributed by atoms with E-state index in [0.29, 0.717) is 5.01 Å². The number of rotatable bonds is 7. The van der Waals surface area contributed by atoms with Crippen LogP contribution in [0.3, 0.4) is 0 Å². The Labute approximate surface area is 145 Å². The van der Waals surface area contributed by atoms with Crippen molar-refractivity contribution in [2.45, 2.75) is 24.9 Å². The standard InChI is InChI=1S/C16H15F3N2O3S/c17-16(18,19)11(10-4-2-1-3-5-10)8-13(22)20-7-6-14-21-12(9-25-14)15(23)24/h1-5,9,11H,6-8H2,(H,20,22)(H,23,24). The molecule has 9 heteroatoms. The molecule has 5 nitrogen and oxygen atoms in total. The molecule has 0 bridgehead atoms. The lowest BCUT2D eigenvalue weighted by atomic mass is 9.95. The predicted molar refractivity (Wildman–Crippen MR) is 85.6 cm³/mol. The van der Waals surface area contributed by atoms with Crippen molar-refractivity contribution in [3.63, 3.8) is 0 Å². The van der Waals surface area contributed by atoms with E-state index in [-0.39, 0.29) is 24.2 Å². The molecule has 2 N–H and O–H groups in total. The number of aromatic carboxylic acids is 1. The zero-order chi connectivity index (χ0) is 18.4. The number of halogens is 3. The largest absolute Gasteiger partial charge is 0.476 e. The summed E-state index contributed by atoms with van der Waals surface area (Å²) in [7, 11) is 0. The van der Waals surface area contributed by atoms with Crippen molar-refractivity contribution in [3.05, 3.63) is 52.0 Å². The van der Waals surface area contributed by atoms with Gasteiger partial charge in [-0.1, -0.05) is 30.3 Å². The number of alkyl halides is 3. The van der Waals surface area contributed by atoms with Gasteiger partial charge in [0, 0.05) is 24.8 Å². The summed E-state index contributed by atoms with van der Waals surface area (Å²) in [5, 5.41) is 13.0. The van der Waals surface area contributed by atoms with E-state index in [1.807, 2.05) is 0 Å². The summed E-state index contributed by atoms with van der Waals surface area (Å²) in [5.41, 5.74) is -0.0521. The van der Waals surface area contributed by atoms with Gasteiger partial charge in [0.05, 0.1) is 10.9 Å². The molecule has 2 aromatic rings. The Kier molecular flexibility index (Phi) is 6.13. The van der Waals surface area contributed by atoms with Crippen LogP contribution < -0.4 is 5.32 Å². The zero-order valence-corrected chi connectivity index (χ0v) is 13.7. The second-order valence-corrected chi connectivity index (χ2v) is 6.18. The Bertz CT molecular complexity index is 732. The van der Waals surface area contributed by atoms with Gasteiger partial charge in [-0.25, -0.2) is 9.78 Å². The normalized spacial score (nSPS) is 12.6. The van der Waals surface area contributed by atoms with Crippen LogP contribution in [0.1, 0.15) is 33.4 Å². The topological polar surface area (TPSA) is 79.3 Å². The summed E-state index contributed by atoms with van der Waals surface area (Å²) in [4.78, 5) is 26.4. The lowest BCUT2D eigenvalue weighted by molar-refractivity contribution is -0.157. The predicted octanol–water partition coefficient (Wildman–Crippen LogP) is 3.24. The number of carboxylic acids is 1. The number of hydrogen-bond donors (Lipinski definition) is 2. The molecule has 0 aliphatic carbocycles. The number of hydrogen-bond acceptors (Lipinski definition) is 4. The van der Waals surface area contributed by atoms with Gasteiger partial charge in [-0.05, 0) is 5.56 Å². The van der Waals surface area contributed by atoms with Gasteiger partial charge in [0.25, 0.3) is 0 Å². The Morgan fingerprint density at radius 3 is 2.48 bits per heavy atom. The molecular weight excluding hydrogens is 357 g/mol. The fraction of sp³-hybridized carbons (Fsp3) is 0.312. The molecule has 0 spiro atoms. The molecule has 1 unspecified atom stereocenters. The van der Waals surface area contributed by atoms with Crippen LogP contribution >= 0.6 is 11.3 Å². The molecule has 1 aromatic carbocycles. The average Bonchev–Trinajstić information content (AvgIpc) is 3.01. The maximum Gasteiger partial charge on any atom is 0.396 e. The number of carbonyl (C=O) groups excluding carboxylic acids is 1. The highest BCUT2D eigenvalue weighted by molar-refractivity contribution is 7.09. The molecule has 1 atom stereocenters. The first-order valence-corrected chi connectivity index (χ1v) is 8.21. The SMILES string of the molecule is O=C(CC(c1ccccc1)C(F)(F)F)NCCc1nc(C(=O)O)cs1. The van der Waals surface area contributed by atoms with E-state index in [1.54, 1.807) is 6.07 Å². The quantitative estimate of drug-likeness (QED) is 0.782. The van der Waals surface area contributed by atoms with Crippen molar-refractivity contribution in [2.75, 3.05) is 6.54 Å². The van der Waals surface area contributed by atoms with Crippen LogP contribution in [0.25, 0.3) is 0 Å². The molecule has 1 aromatic heterocycles. The average molecular weight is 372 g/mol. The fourth-order valence-corrected chi connectivity index (χ4v) is 2.97. The third-order valence-electron chi connectivity index (χ3n) is 3.42. The number of nitrogens with zero attached hydrogens (tertiary/aromatic N) is 1. The van der Waals surface area contributed by atoms with E-state index in [4.69, 9.17) is 5.11 Å². The zero-order valence-electron chi connectivity index (χ0n) is 12.9. The number of carboxylic acid groups (broad SMARTS) is 1. The van der Waals surface area contributed by atoms with Crippen molar-refractivity contribution in [3.8, 4) is 0 Å². The molecule has 0 aliphatic rings. The summed E-state index contributed by atoms with van der Waals surface area (Å²) < 4.78 is 39.6. The van der Waals surface area contributed by atoms with E-state index in [0.717, 1.165) is 11.3 Å². The van der Waals surface area contributed by atoms with Gasteiger partial charge in [0.2, 0.25) is 5.91 Å². The van der Waals surface area contributed by atoms with Gasteiger partial charge < -0.3 is 10.4 Å². The van der Waals surface area contributed by atoms with Gasteiger partial charge in [0.15, 0.2) is 5.69 Å². The highest BCUT2D eigenvalue weighted by atomic mass is 32.1. The second-order valence-electron chi connectivity index (χ2n) is 5.24. The lowest BCUT2D eigenvalue weighted by Gasteiger charge is -2.20. The molecular formula is C16H15F3N2O3S. The van der Waals surface area contributed by atoms with E-state index in [2.05, 4.69) is 10.3 Å². The molecule has 0 fully saturated rings. The van der Waals surface area contributed by atoms with Crippen molar-refractivity contribution in [1.29, 1.82) is 0 Å². The lowest BCUT2D eigenvalue weighted by Crippen LogP contribution is -2.31. The maximum absolute atomic E-state index is 13.2. The maximum atomic E-state index is 13.2. The minimum atomic E-state index is -4.52. The number of nitrogens with one attached hydrogen (secondary N) is 1. The van der Waals surface area contributed by atoms with Crippen LogP contribution in [0.2, 0.25) is 0 Å². The molecule has 0 saturated heterocycles. The highest BCUT2D eigenvalue weighted by Gasteiger charge is 2.41. The molecule has 2 rings (SSSR count). The van der Waals surface area contributed by atoms with Crippen LogP contribution in [0.15, 0.2) is 35.7 Å². The van der Waals surface area contributed by atoms with E-state index in [1.165, 1.54) is 29.6 Å². The summed E-state index contributed by atoms with van der Waals surface area (Å²) >= 11 is 1.12. The monoisotopic (exact) mass is 372 g/mol. The molecule has 1 amide bonds. The van der Waals surface area contributed by atoms with Gasteiger partial charge in [0.1, 0.15) is 0 Å². The van der Waals surface area contributed by atoms with E-state index < -0.39 is 30.4 Å². The number of carbonyl (C=O) groups is 2. The number of thiazole rings is 1. The van der Waals surface area contributed by atoms with Crippen molar-refractivity contribution >= 4 is 23.2 Å². The van der Waals surface area contributed by atoms with Crippen molar-refractivity contribution in [1.82, 2.24) is 10.3 Å². The summed E-state index contributed by atoms with van der Waals surface area (Å²) in [6.07, 6.45) is -4.97. The third kappa shape index (κ3) is 5.56. The first-order valence-electron chi connectivity index (χ1n) is 7.33. The molecule has 134 valence electrons. The van der Waals surface area contributed by atoms with Gasteiger partial charge in [-0.2, -0.15) is 13.2 Å². The van der Waals surface area contributed by atoms with Crippen LogP contribution in [0.5, 0.6) is 0 Å². The van der Waals surface area contributed by atoms with Crippen LogP contribution in [-0.4, -0.2) is 34.7 Å². The van der Waals surface area contributed by atoms with Crippen molar-refractivity contribution in [2.24, 2.45) is 0 Å². The summed E-state index contributed by atoms with van der Waals surface area (Å²) in [6, 6.07) is 7.28. The number of benzene rings is 1. The Hall–Kier alpha value is -2.42.